The Hall–Kier alpha value is -1.71. The average Bonchev–Trinajstić information content (AvgIpc) is 2.33. The van der Waals surface area contributed by atoms with Gasteiger partial charge in [-0.25, -0.2) is 0 Å². The number of carbonyl (C=O) groups excluding carboxylic acids is 1. The van der Waals surface area contributed by atoms with Crippen LogP contribution in [0, 0.1) is 0 Å². The summed E-state index contributed by atoms with van der Waals surface area (Å²) in [7, 11) is 3.86. The number of nitrogens with zero attached hydrogens (tertiary/aromatic N) is 1. The van der Waals surface area contributed by atoms with Crippen molar-refractivity contribution >= 4 is 17.3 Å². The molecule has 0 spiro atoms. The first-order valence-corrected chi connectivity index (χ1v) is 6.87. The van der Waals surface area contributed by atoms with Crippen molar-refractivity contribution in [3.8, 4) is 0 Å². The van der Waals surface area contributed by atoms with Gasteiger partial charge in [0.05, 0.1) is 5.56 Å². The molecule has 0 aromatic heterocycles. The van der Waals surface area contributed by atoms with Crippen molar-refractivity contribution in [2.24, 2.45) is 0 Å². The predicted molar refractivity (Wildman–Crippen MR) is 79.5 cm³/mol. The number of hydrogen-bond acceptors (Lipinski definition) is 3. The molecule has 3 N–H and O–H groups in total. The fraction of sp³-hybridized carbons (Fsp3) is 0.533. The fourth-order valence-corrected chi connectivity index (χ4v) is 2.60. The van der Waals surface area contributed by atoms with Crippen molar-refractivity contribution in [2.75, 3.05) is 24.7 Å². The summed E-state index contributed by atoms with van der Waals surface area (Å²) in [6, 6.07) is 5.47. The first kappa shape index (κ1) is 13.7. The Morgan fingerprint density at radius 1 is 1.42 bits per heavy atom. The van der Waals surface area contributed by atoms with E-state index in [1.165, 1.54) is 6.42 Å². The van der Waals surface area contributed by atoms with Gasteiger partial charge in [-0.1, -0.05) is 6.92 Å². The van der Waals surface area contributed by atoms with Crippen LogP contribution < -0.4 is 16.0 Å². The summed E-state index contributed by atoms with van der Waals surface area (Å²) in [6.45, 7) is 2.13. The lowest BCUT2D eigenvalue weighted by Crippen LogP contribution is -2.53. The standard InChI is InChI=1S/C15H23N3O/c1-4-15(8-5-9-15)17-14(19)12-10-11(16)6-7-13(12)18(2)3/h6-7,10H,4-5,8-9,16H2,1-3H3,(H,17,19). The molecule has 0 heterocycles. The van der Waals surface area contributed by atoms with E-state index in [2.05, 4.69) is 12.2 Å². The molecule has 4 nitrogen and oxygen atoms in total. The Bertz CT molecular complexity index is 473. The van der Waals surface area contributed by atoms with E-state index in [-0.39, 0.29) is 11.4 Å². The second kappa shape index (κ2) is 5.11. The fourth-order valence-electron chi connectivity index (χ4n) is 2.60. The van der Waals surface area contributed by atoms with Crippen LogP contribution in [-0.2, 0) is 0 Å². The minimum atomic E-state index is -0.0162. The van der Waals surface area contributed by atoms with Gasteiger partial charge in [0.2, 0.25) is 0 Å². The summed E-state index contributed by atoms with van der Waals surface area (Å²) in [5.41, 5.74) is 7.99. The second-order valence-corrected chi connectivity index (χ2v) is 5.61. The molecule has 1 aliphatic rings. The maximum Gasteiger partial charge on any atom is 0.253 e. The molecule has 19 heavy (non-hydrogen) atoms. The third-order valence-corrected chi connectivity index (χ3v) is 4.11. The zero-order valence-corrected chi connectivity index (χ0v) is 12.0. The van der Waals surface area contributed by atoms with Gasteiger partial charge in [-0.3, -0.25) is 4.79 Å². The van der Waals surface area contributed by atoms with E-state index < -0.39 is 0 Å². The third kappa shape index (κ3) is 2.67. The molecule has 0 saturated heterocycles. The van der Waals surface area contributed by atoms with Crippen molar-refractivity contribution in [1.82, 2.24) is 5.32 Å². The third-order valence-electron chi connectivity index (χ3n) is 4.11. The number of nitrogens with one attached hydrogen (secondary N) is 1. The highest BCUT2D eigenvalue weighted by molar-refractivity contribution is 6.01. The largest absolute Gasteiger partial charge is 0.399 e. The normalized spacial score (nSPS) is 16.6. The van der Waals surface area contributed by atoms with E-state index in [1.54, 1.807) is 6.07 Å². The van der Waals surface area contributed by atoms with E-state index in [9.17, 15) is 4.79 Å². The van der Waals surface area contributed by atoms with Crippen LogP contribution in [0.3, 0.4) is 0 Å². The zero-order chi connectivity index (χ0) is 14.0. The van der Waals surface area contributed by atoms with Crippen LogP contribution in [0.25, 0.3) is 0 Å². The van der Waals surface area contributed by atoms with Crippen LogP contribution in [0.4, 0.5) is 11.4 Å². The van der Waals surface area contributed by atoms with Crippen molar-refractivity contribution in [3.05, 3.63) is 23.8 Å². The first-order valence-electron chi connectivity index (χ1n) is 6.87. The second-order valence-electron chi connectivity index (χ2n) is 5.61. The van der Waals surface area contributed by atoms with E-state index in [4.69, 9.17) is 5.73 Å². The molecule has 0 radical (unpaired) electrons. The van der Waals surface area contributed by atoms with Gasteiger partial charge in [0.25, 0.3) is 5.91 Å². The molecule has 4 heteroatoms. The molecular weight excluding hydrogens is 238 g/mol. The Morgan fingerprint density at radius 2 is 2.11 bits per heavy atom. The van der Waals surface area contributed by atoms with Gasteiger partial charge in [0, 0.05) is 31.0 Å². The molecule has 1 fully saturated rings. The highest BCUT2D eigenvalue weighted by atomic mass is 16.1. The van der Waals surface area contributed by atoms with Gasteiger partial charge in [0.15, 0.2) is 0 Å². The quantitative estimate of drug-likeness (QED) is 0.818. The van der Waals surface area contributed by atoms with Gasteiger partial charge < -0.3 is 16.0 Å². The van der Waals surface area contributed by atoms with Crippen molar-refractivity contribution in [3.63, 3.8) is 0 Å². The summed E-state index contributed by atoms with van der Waals surface area (Å²) >= 11 is 0. The van der Waals surface area contributed by atoms with E-state index in [0.717, 1.165) is 24.9 Å². The Kier molecular flexibility index (Phi) is 3.69. The number of nitrogen functional groups attached to an aromatic ring is 1. The monoisotopic (exact) mass is 261 g/mol. The molecule has 0 bridgehead atoms. The molecule has 1 aromatic carbocycles. The Labute approximate surface area is 115 Å². The molecule has 1 aliphatic carbocycles. The predicted octanol–water partition coefficient (Wildman–Crippen LogP) is 2.40. The van der Waals surface area contributed by atoms with Crippen LogP contribution in [0.1, 0.15) is 43.0 Å². The molecule has 104 valence electrons. The number of amides is 1. The van der Waals surface area contributed by atoms with Crippen LogP contribution in [0.2, 0.25) is 0 Å². The summed E-state index contributed by atoms with van der Waals surface area (Å²) in [4.78, 5) is 14.4. The molecule has 0 atom stereocenters. The zero-order valence-electron chi connectivity index (χ0n) is 12.0. The molecule has 1 amide bonds. The minimum Gasteiger partial charge on any atom is -0.399 e. The van der Waals surface area contributed by atoms with Crippen LogP contribution in [-0.4, -0.2) is 25.5 Å². The van der Waals surface area contributed by atoms with Gasteiger partial charge in [-0.2, -0.15) is 0 Å². The minimum absolute atomic E-state index is 0.00523. The molecule has 1 saturated carbocycles. The maximum atomic E-state index is 12.5. The number of carbonyl (C=O) groups is 1. The molecular formula is C15H23N3O. The Morgan fingerprint density at radius 3 is 2.58 bits per heavy atom. The van der Waals surface area contributed by atoms with Crippen LogP contribution >= 0.6 is 0 Å². The van der Waals surface area contributed by atoms with Gasteiger partial charge in [-0.05, 0) is 43.9 Å². The van der Waals surface area contributed by atoms with Crippen LogP contribution in [0.15, 0.2) is 18.2 Å². The summed E-state index contributed by atoms with van der Waals surface area (Å²) < 4.78 is 0. The van der Waals surface area contributed by atoms with Crippen molar-refractivity contribution in [2.45, 2.75) is 38.1 Å². The lowest BCUT2D eigenvalue weighted by atomic mass is 9.74. The SMILES string of the molecule is CCC1(NC(=O)c2cc(N)ccc2N(C)C)CCC1. The number of anilines is 2. The van der Waals surface area contributed by atoms with Gasteiger partial charge >= 0.3 is 0 Å². The highest BCUT2D eigenvalue weighted by Gasteiger charge is 2.37. The van der Waals surface area contributed by atoms with E-state index >= 15 is 0 Å². The molecule has 1 aromatic rings. The summed E-state index contributed by atoms with van der Waals surface area (Å²) in [5.74, 6) is -0.0162. The maximum absolute atomic E-state index is 12.5. The van der Waals surface area contributed by atoms with Crippen LogP contribution in [0.5, 0.6) is 0 Å². The molecule has 2 rings (SSSR count). The number of hydrogen-bond donors (Lipinski definition) is 2. The lowest BCUT2D eigenvalue weighted by Gasteiger charge is -2.42. The van der Waals surface area contributed by atoms with Crippen molar-refractivity contribution in [1.29, 1.82) is 0 Å². The van der Waals surface area contributed by atoms with Crippen molar-refractivity contribution < 1.29 is 4.79 Å². The van der Waals surface area contributed by atoms with E-state index in [0.29, 0.717) is 11.3 Å². The number of rotatable bonds is 4. The topological polar surface area (TPSA) is 58.4 Å². The number of nitrogens with two attached hydrogens (primary N) is 1. The van der Waals surface area contributed by atoms with E-state index in [1.807, 2.05) is 31.1 Å². The van der Waals surface area contributed by atoms with Gasteiger partial charge in [0.1, 0.15) is 0 Å². The summed E-state index contributed by atoms with van der Waals surface area (Å²) in [5, 5.41) is 3.20. The average molecular weight is 261 g/mol. The Balaban J connectivity index is 2.25. The molecule has 0 unspecified atom stereocenters. The summed E-state index contributed by atoms with van der Waals surface area (Å²) in [6.07, 6.45) is 4.34. The number of benzene rings is 1. The smallest absolute Gasteiger partial charge is 0.253 e. The highest BCUT2D eigenvalue weighted by Crippen LogP contribution is 2.35. The van der Waals surface area contributed by atoms with Gasteiger partial charge in [-0.15, -0.1) is 0 Å². The molecule has 0 aliphatic heterocycles. The lowest BCUT2D eigenvalue weighted by molar-refractivity contribution is 0.0821. The first-order chi connectivity index (χ1) is 8.97.